The van der Waals surface area contributed by atoms with Crippen LogP contribution in [0.15, 0.2) is 78.9 Å². The van der Waals surface area contributed by atoms with Crippen molar-refractivity contribution in [2.24, 2.45) is 0 Å². The van der Waals surface area contributed by atoms with Gasteiger partial charge in [0.05, 0.1) is 6.54 Å². The SMILES string of the molecule is O=C(CCc1ccccc1)Nc1cccc(NC(=O)CNc2cccc(C(=O)N3CCCCCC3)c2)c1. The van der Waals surface area contributed by atoms with Crippen LogP contribution in [0.5, 0.6) is 0 Å². The molecule has 0 unspecified atom stereocenters. The van der Waals surface area contributed by atoms with Gasteiger partial charge in [-0.3, -0.25) is 14.4 Å². The highest BCUT2D eigenvalue weighted by Crippen LogP contribution is 2.18. The van der Waals surface area contributed by atoms with Crippen LogP contribution in [0.1, 0.15) is 48.0 Å². The Morgan fingerprint density at radius 3 is 2.05 bits per heavy atom. The van der Waals surface area contributed by atoms with Crippen molar-refractivity contribution < 1.29 is 14.4 Å². The van der Waals surface area contributed by atoms with Crippen molar-refractivity contribution in [1.29, 1.82) is 0 Å². The molecule has 7 nitrogen and oxygen atoms in total. The predicted octanol–water partition coefficient (Wildman–Crippen LogP) is 5.32. The molecule has 0 saturated carbocycles. The number of carbonyl (C=O) groups is 3. The zero-order valence-corrected chi connectivity index (χ0v) is 21.0. The molecule has 0 bridgehead atoms. The van der Waals surface area contributed by atoms with Gasteiger partial charge in [-0.1, -0.05) is 55.3 Å². The summed E-state index contributed by atoms with van der Waals surface area (Å²) in [6.07, 6.45) is 5.47. The second-order valence-electron chi connectivity index (χ2n) is 9.30. The number of benzene rings is 3. The van der Waals surface area contributed by atoms with Gasteiger partial charge >= 0.3 is 0 Å². The number of hydrogen-bond acceptors (Lipinski definition) is 4. The molecule has 1 aliphatic heterocycles. The summed E-state index contributed by atoms with van der Waals surface area (Å²) in [5, 5.41) is 8.84. The highest BCUT2D eigenvalue weighted by Gasteiger charge is 2.17. The highest BCUT2D eigenvalue weighted by molar-refractivity contribution is 5.97. The van der Waals surface area contributed by atoms with Crippen molar-refractivity contribution in [3.8, 4) is 0 Å². The standard InChI is InChI=1S/C30H34N4O3/c35-28(17-16-23-10-4-3-5-11-23)32-26-14-9-15-27(21-26)33-29(36)22-31-25-13-8-12-24(20-25)30(37)34-18-6-1-2-7-19-34/h3-5,8-15,20-21,31H,1-2,6-7,16-19,22H2,(H,32,35)(H,33,36). The van der Waals surface area contributed by atoms with Crippen LogP contribution in [0.3, 0.4) is 0 Å². The molecule has 0 atom stereocenters. The van der Waals surface area contributed by atoms with Gasteiger partial charge < -0.3 is 20.9 Å². The Morgan fingerprint density at radius 1 is 0.676 bits per heavy atom. The summed E-state index contributed by atoms with van der Waals surface area (Å²) in [7, 11) is 0. The minimum absolute atomic E-state index is 0.0395. The van der Waals surface area contributed by atoms with Crippen LogP contribution in [-0.4, -0.2) is 42.3 Å². The molecule has 1 saturated heterocycles. The fraction of sp³-hybridized carbons (Fsp3) is 0.300. The van der Waals surface area contributed by atoms with E-state index in [0.717, 1.165) is 37.2 Å². The lowest BCUT2D eigenvalue weighted by molar-refractivity contribution is -0.116. The van der Waals surface area contributed by atoms with E-state index in [4.69, 9.17) is 0 Å². The Labute approximate surface area is 218 Å². The molecule has 3 amide bonds. The number of rotatable bonds is 9. The predicted molar refractivity (Wildman–Crippen MR) is 148 cm³/mol. The van der Waals surface area contributed by atoms with Crippen LogP contribution in [0, 0.1) is 0 Å². The van der Waals surface area contributed by atoms with Gasteiger partial charge in [-0.25, -0.2) is 0 Å². The Bertz CT molecular complexity index is 1200. The summed E-state index contributed by atoms with van der Waals surface area (Å²) in [6.45, 7) is 1.64. The third-order valence-corrected chi connectivity index (χ3v) is 6.37. The van der Waals surface area contributed by atoms with Crippen LogP contribution in [0.25, 0.3) is 0 Å². The summed E-state index contributed by atoms with van der Waals surface area (Å²) in [5.41, 5.74) is 3.68. The average molecular weight is 499 g/mol. The fourth-order valence-electron chi connectivity index (χ4n) is 4.41. The topological polar surface area (TPSA) is 90.5 Å². The number of hydrogen-bond donors (Lipinski definition) is 3. The van der Waals surface area contributed by atoms with Crippen LogP contribution in [-0.2, 0) is 16.0 Å². The van der Waals surface area contributed by atoms with Crippen LogP contribution < -0.4 is 16.0 Å². The van der Waals surface area contributed by atoms with Gasteiger partial charge in [-0.2, -0.15) is 0 Å². The van der Waals surface area contributed by atoms with Crippen molar-refractivity contribution >= 4 is 34.8 Å². The van der Waals surface area contributed by atoms with E-state index < -0.39 is 0 Å². The Hall–Kier alpha value is -4.13. The molecule has 7 heteroatoms. The Kier molecular flexibility index (Phi) is 9.29. The molecule has 1 aliphatic rings. The normalized spacial score (nSPS) is 13.4. The summed E-state index contributed by atoms with van der Waals surface area (Å²) >= 11 is 0. The van der Waals surface area contributed by atoms with Gasteiger partial charge in [-0.15, -0.1) is 0 Å². The first-order valence-corrected chi connectivity index (χ1v) is 12.9. The molecule has 192 valence electrons. The third kappa shape index (κ3) is 8.20. The minimum atomic E-state index is -0.225. The molecule has 0 radical (unpaired) electrons. The maximum absolute atomic E-state index is 12.9. The van der Waals surface area contributed by atoms with Crippen LogP contribution in [0.4, 0.5) is 17.1 Å². The lowest BCUT2D eigenvalue weighted by atomic mass is 10.1. The van der Waals surface area contributed by atoms with E-state index in [1.165, 1.54) is 12.8 Å². The molecule has 1 heterocycles. The van der Waals surface area contributed by atoms with Crippen molar-refractivity contribution in [1.82, 2.24) is 4.90 Å². The maximum Gasteiger partial charge on any atom is 0.253 e. The summed E-state index contributed by atoms with van der Waals surface area (Å²) in [6, 6.07) is 24.3. The lowest BCUT2D eigenvalue weighted by Gasteiger charge is -2.20. The molecule has 3 aromatic carbocycles. The Morgan fingerprint density at radius 2 is 1.32 bits per heavy atom. The number of anilines is 3. The smallest absolute Gasteiger partial charge is 0.253 e. The van der Waals surface area contributed by atoms with Crippen LogP contribution >= 0.6 is 0 Å². The number of likely N-dealkylation sites (tertiary alicyclic amines) is 1. The minimum Gasteiger partial charge on any atom is -0.376 e. The number of nitrogens with one attached hydrogen (secondary N) is 3. The molecular formula is C30H34N4O3. The van der Waals surface area contributed by atoms with E-state index in [1.807, 2.05) is 53.4 Å². The van der Waals surface area contributed by atoms with E-state index in [0.29, 0.717) is 29.8 Å². The number of nitrogens with zero attached hydrogens (tertiary/aromatic N) is 1. The monoisotopic (exact) mass is 498 g/mol. The first-order chi connectivity index (χ1) is 18.1. The number of aryl methyl sites for hydroxylation is 1. The Balaban J connectivity index is 1.25. The van der Waals surface area contributed by atoms with Crippen molar-refractivity contribution in [3.63, 3.8) is 0 Å². The van der Waals surface area contributed by atoms with E-state index >= 15 is 0 Å². The van der Waals surface area contributed by atoms with Gasteiger partial charge in [0.2, 0.25) is 11.8 Å². The molecule has 3 N–H and O–H groups in total. The molecule has 3 aromatic rings. The number of carbonyl (C=O) groups excluding carboxylic acids is 3. The molecule has 4 rings (SSSR count). The molecule has 0 aromatic heterocycles. The average Bonchev–Trinajstić information content (AvgIpc) is 3.21. The first-order valence-electron chi connectivity index (χ1n) is 12.9. The van der Waals surface area contributed by atoms with Crippen LogP contribution in [0.2, 0.25) is 0 Å². The molecular weight excluding hydrogens is 464 g/mol. The van der Waals surface area contributed by atoms with Gasteiger partial charge in [0, 0.05) is 42.1 Å². The summed E-state index contributed by atoms with van der Waals surface area (Å²) in [4.78, 5) is 39.7. The largest absolute Gasteiger partial charge is 0.376 e. The van der Waals surface area contributed by atoms with Crippen molar-refractivity contribution in [2.45, 2.75) is 38.5 Å². The van der Waals surface area contributed by atoms with Gasteiger partial charge in [0.15, 0.2) is 0 Å². The molecule has 1 fully saturated rings. The third-order valence-electron chi connectivity index (χ3n) is 6.37. The molecule has 0 aliphatic carbocycles. The summed E-state index contributed by atoms with van der Waals surface area (Å²) in [5.74, 6) is -0.266. The van der Waals surface area contributed by atoms with E-state index in [2.05, 4.69) is 16.0 Å². The van der Waals surface area contributed by atoms with E-state index in [-0.39, 0.29) is 24.3 Å². The summed E-state index contributed by atoms with van der Waals surface area (Å²) < 4.78 is 0. The quantitative estimate of drug-likeness (QED) is 0.372. The molecule has 0 spiro atoms. The first kappa shape index (κ1) is 25.9. The lowest BCUT2D eigenvalue weighted by Crippen LogP contribution is -2.31. The number of amides is 3. The van der Waals surface area contributed by atoms with Gasteiger partial charge in [-0.05, 0) is 61.2 Å². The highest BCUT2D eigenvalue weighted by atomic mass is 16.2. The fourth-order valence-corrected chi connectivity index (χ4v) is 4.41. The van der Waals surface area contributed by atoms with Gasteiger partial charge in [0.25, 0.3) is 5.91 Å². The second kappa shape index (κ2) is 13.3. The zero-order valence-electron chi connectivity index (χ0n) is 21.0. The van der Waals surface area contributed by atoms with Crippen molar-refractivity contribution in [2.75, 3.05) is 35.6 Å². The van der Waals surface area contributed by atoms with E-state index in [9.17, 15) is 14.4 Å². The maximum atomic E-state index is 12.9. The van der Waals surface area contributed by atoms with Crippen molar-refractivity contribution in [3.05, 3.63) is 90.0 Å². The van der Waals surface area contributed by atoms with Gasteiger partial charge in [0.1, 0.15) is 0 Å². The molecule has 37 heavy (non-hydrogen) atoms. The zero-order chi connectivity index (χ0) is 25.9. The van der Waals surface area contributed by atoms with E-state index in [1.54, 1.807) is 30.3 Å². The second-order valence-corrected chi connectivity index (χ2v) is 9.30.